The van der Waals surface area contributed by atoms with E-state index in [0.717, 1.165) is 18.4 Å². The molecule has 3 N–H and O–H groups in total. The number of rotatable bonds is 8. The van der Waals surface area contributed by atoms with Gasteiger partial charge in [0.05, 0.1) is 12.5 Å². The first-order valence-corrected chi connectivity index (χ1v) is 6.76. The summed E-state index contributed by atoms with van der Waals surface area (Å²) in [4.78, 5) is 12.1. The normalized spacial score (nSPS) is 13.8. The maximum atomic E-state index is 12.1. The smallest absolute Gasteiger partial charge is 0.227 e. The van der Waals surface area contributed by atoms with Gasteiger partial charge in [0.2, 0.25) is 5.91 Å². The van der Waals surface area contributed by atoms with E-state index in [2.05, 4.69) is 5.32 Å². The second-order valence-corrected chi connectivity index (χ2v) is 4.67. The molecule has 4 nitrogen and oxygen atoms in total. The molecule has 0 aliphatic heterocycles. The van der Waals surface area contributed by atoms with Crippen molar-refractivity contribution in [1.29, 1.82) is 0 Å². The van der Waals surface area contributed by atoms with Crippen molar-refractivity contribution in [1.82, 2.24) is 5.32 Å². The number of hydrogen-bond acceptors (Lipinski definition) is 3. The summed E-state index contributed by atoms with van der Waals surface area (Å²) in [5.41, 5.74) is 6.87. The number of nitrogens with one attached hydrogen (secondary N) is 1. The molecule has 0 aliphatic rings. The first-order chi connectivity index (χ1) is 9.19. The summed E-state index contributed by atoms with van der Waals surface area (Å²) in [7, 11) is 1.63. The van der Waals surface area contributed by atoms with Crippen LogP contribution in [0.3, 0.4) is 0 Å². The second-order valence-electron chi connectivity index (χ2n) is 4.67. The molecule has 4 heteroatoms. The third-order valence-corrected chi connectivity index (χ3v) is 3.12. The van der Waals surface area contributed by atoms with E-state index < -0.39 is 0 Å². The van der Waals surface area contributed by atoms with Gasteiger partial charge in [0, 0.05) is 19.7 Å². The highest BCUT2D eigenvalue weighted by molar-refractivity contribution is 5.83. The number of carbonyl (C=O) groups excluding carboxylic acids is 1. The molecule has 0 fully saturated rings. The molecule has 1 aromatic carbocycles. The minimum atomic E-state index is -0.0835. The van der Waals surface area contributed by atoms with Gasteiger partial charge in [-0.1, -0.05) is 37.3 Å². The molecule has 0 spiro atoms. The molecule has 0 radical (unpaired) electrons. The van der Waals surface area contributed by atoms with Crippen LogP contribution in [-0.4, -0.2) is 32.2 Å². The molecule has 0 saturated carbocycles. The van der Waals surface area contributed by atoms with Gasteiger partial charge in [-0.25, -0.2) is 0 Å². The van der Waals surface area contributed by atoms with Crippen LogP contribution in [0.4, 0.5) is 0 Å². The van der Waals surface area contributed by atoms with E-state index in [9.17, 15) is 4.79 Å². The molecule has 19 heavy (non-hydrogen) atoms. The zero-order valence-corrected chi connectivity index (χ0v) is 11.8. The van der Waals surface area contributed by atoms with E-state index in [1.807, 2.05) is 37.3 Å². The zero-order valence-electron chi connectivity index (χ0n) is 11.8. The quantitative estimate of drug-likeness (QED) is 0.750. The Morgan fingerprint density at radius 1 is 1.37 bits per heavy atom. The third kappa shape index (κ3) is 5.41. The molecule has 2 unspecified atom stereocenters. The molecule has 1 rings (SSSR count). The van der Waals surface area contributed by atoms with Gasteiger partial charge < -0.3 is 15.8 Å². The van der Waals surface area contributed by atoms with Crippen LogP contribution in [0.25, 0.3) is 0 Å². The number of ether oxygens (including phenoxy) is 1. The van der Waals surface area contributed by atoms with E-state index in [4.69, 9.17) is 10.5 Å². The van der Waals surface area contributed by atoms with E-state index in [1.165, 1.54) is 0 Å². The molecule has 1 amide bonds. The molecule has 0 aliphatic carbocycles. The van der Waals surface area contributed by atoms with Crippen LogP contribution in [0, 0.1) is 0 Å². The van der Waals surface area contributed by atoms with Crippen molar-refractivity contribution in [3.63, 3.8) is 0 Å². The molecule has 2 atom stereocenters. The lowest BCUT2D eigenvalue weighted by Gasteiger charge is -2.16. The highest BCUT2D eigenvalue weighted by atomic mass is 16.5. The average Bonchev–Trinajstić information content (AvgIpc) is 2.41. The second kappa shape index (κ2) is 8.67. The summed E-state index contributed by atoms with van der Waals surface area (Å²) in [6, 6.07) is 9.83. The average molecular weight is 264 g/mol. The summed E-state index contributed by atoms with van der Waals surface area (Å²) < 4.78 is 4.96. The van der Waals surface area contributed by atoms with Crippen LogP contribution in [0.2, 0.25) is 0 Å². The van der Waals surface area contributed by atoms with Crippen molar-refractivity contribution in [2.45, 2.75) is 31.7 Å². The van der Waals surface area contributed by atoms with Gasteiger partial charge in [0.15, 0.2) is 0 Å². The maximum absolute atomic E-state index is 12.1. The fourth-order valence-corrected chi connectivity index (χ4v) is 2.06. The standard InChI is InChI=1S/C15H24N2O2/c1-3-14(12-7-5-4-6-8-12)15(18)17-10-9-13(16)11-19-2/h4-8,13-14H,3,9-11,16H2,1-2H3,(H,17,18). The van der Waals surface area contributed by atoms with Gasteiger partial charge in [-0.2, -0.15) is 0 Å². The Balaban J connectivity index is 2.43. The van der Waals surface area contributed by atoms with Crippen LogP contribution in [0.5, 0.6) is 0 Å². The Morgan fingerprint density at radius 2 is 2.05 bits per heavy atom. The van der Waals surface area contributed by atoms with Crippen LogP contribution < -0.4 is 11.1 Å². The van der Waals surface area contributed by atoms with Crippen LogP contribution in [-0.2, 0) is 9.53 Å². The van der Waals surface area contributed by atoms with E-state index >= 15 is 0 Å². The zero-order chi connectivity index (χ0) is 14.1. The number of amides is 1. The van der Waals surface area contributed by atoms with E-state index in [0.29, 0.717) is 13.2 Å². The van der Waals surface area contributed by atoms with Crippen molar-refractivity contribution >= 4 is 5.91 Å². The van der Waals surface area contributed by atoms with Crippen molar-refractivity contribution in [2.75, 3.05) is 20.3 Å². The maximum Gasteiger partial charge on any atom is 0.227 e. The minimum absolute atomic E-state index is 0.0258. The van der Waals surface area contributed by atoms with E-state index in [1.54, 1.807) is 7.11 Å². The Bertz CT molecular complexity index is 368. The van der Waals surface area contributed by atoms with Gasteiger partial charge in [0.25, 0.3) is 0 Å². The molecule has 0 saturated heterocycles. The molecular weight excluding hydrogens is 240 g/mol. The first-order valence-electron chi connectivity index (χ1n) is 6.76. The van der Waals surface area contributed by atoms with Gasteiger partial charge in [-0.05, 0) is 18.4 Å². The van der Waals surface area contributed by atoms with Gasteiger partial charge in [-0.15, -0.1) is 0 Å². The Labute approximate surface area is 115 Å². The monoisotopic (exact) mass is 264 g/mol. The topological polar surface area (TPSA) is 64.4 Å². The molecule has 0 heterocycles. The summed E-state index contributed by atoms with van der Waals surface area (Å²) in [5.74, 6) is -0.0156. The van der Waals surface area contributed by atoms with E-state index in [-0.39, 0.29) is 17.9 Å². The first kappa shape index (κ1) is 15.7. The molecule has 0 bridgehead atoms. The van der Waals surface area contributed by atoms with Gasteiger partial charge >= 0.3 is 0 Å². The number of benzene rings is 1. The highest BCUT2D eigenvalue weighted by Crippen LogP contribution is 2.18. The van der Waals surface area contributed by atoms with Crippen molar-refractivity contribution in [3.05, 3.63) is 35.9 Å². The van der Waals surface area contributed by atoms with Crippen molar-refractivity contribution in [2.24, 2.45) is 5.73 Å². The summed E-state index contributed by atoms with van der Waals surface area (Å²) in [6.45, 7) is 3.13. The SMILES string of the molecule is CCC(C(=O)NCCC(N)COC)c1ccccc1. The fraction of sp³-hybridized carbons (Fsp3) is 0.533. The molecule has 0 aromatic heterocycles. The predicted molar refractivity (Wildman–Crippen MR) is 77.0 cm³/mol. The predicted octanol–water partition coefficient (Wildman–Crippen LogP) is 1.66. The highest BCUT2D eigenvalue weighted by Gasteiger charge is 2.17. The van der Waals surface area contributed by atoms with Crippen LogP contribution in [0.15, 0.2) is 30.3 Å². The Kier molecular flexibility index (Phi) is 7.15. The lowest BCUT2D eigenvalue weighted by Crippen LogP contribution is -2.35. The number of methoxy groups -OCH3 is 1. The summed E-state index contributed by atoms with van der Waals surface area (Å²) >= 11 is 0. The summed E-state index contributed by atoms with van der Waals surface area (Å²) in [6.07, 6.45) is 1.52. The van der Waals surface area contributed by atoms with Crippen molar-refractivity contribution in [3.8, 4) is 0 Å². The van der Waals surface area contributed by atoms with Gasteiger partial charge in [-0.3, -0.25) is 4.79 Å². The number of hydrogen-bond donors (Lipinski definition) is 2. The Morgan fingerprint density at radius 3 is 2.63 bits per heavy atom. The summed E-state index contributed by atoms with van der Waals surface area (Å²) in [5, 5.41) is 2.95. The fourth-order valence-electron chi connectivity index (χ4n) is 2.06. The third-order valence-electron chi connectivity index (χ3n) is 3.12. The van der Waals surface area contributed by atoms with Crippen molar-refractivity contribution < 1.29 is 9.53 Å². The van der Waals surface area contributed by atoms with Crippen LogP contribution >= 0.6 is 0 Å². The lowest BCUT2D eigenvalue weighted by molar-refractivity contribution is -0.122. The lowest BCUT2D eigenvalue weighted by atomic mass is 9.95. The number of nitrogens with two attached hydrogens (primary N) is 1. The minimum Gasteiger partial charge on any atom is -0.383 e. The molecule has 106 valence electrons. The van der Waals surface area contributed by atoms with Gasteiger partial charge in [0.1, 0.15) is 0 Å². The molecular formula is C15H24N2O2. The Hall–Kier alpha value is -1.39. The largest absolute Gasteiger partial charge is 0.383 e. The molecule has 1 aromatic rings. The van der Waals surface area contributed by atoms with Crippen LogP contribution in [0.1, 0.15) is 31.2 Å². The number of carbonyl (C=O) groups is 1.